The van der Waals surface area contributed by atoms with Gasteiger partial charge in [-0.3, -0.25) is 19.3 Å². The Balaban J connectivity index is 1.13. The van der Waals surface area contributed by atoms with Crippen molar-refractivity contribution in [3.63, 3.8) is 0 Å². The summed E-state index contributed by atoms with van der Waals surface area (Å²) in [5.74, 6) is -2.12. The normalized spacial score (nSPS) is 49.1. The minimum Gasteiger partial charge on any atom is -0.459 e. The number of amides is 1. The Morgan fingerprint density at radius 1 is 0.910 bits per heavy atom. The monoisotopic (exact) mass is 1100 g/mol. The van der Waals surface area contributed by atoms with Crippen LogP contribution in [0.4, 0.5) is 0 Å². The molecule has 25 atom stereocenters. The van der Waals surface area contributed by atoms with E-state index in [1.54, 1.807) is 27.9 Å². The van der Waals surface area contributed by atoms with Gasteiger partial charge in [0, 0.05) is 69.4 Å². The van der Waals surface area contributed by atoms with Crippen LogP contribution in [0.2, 0.25) is 0 Å². The molecule has 0 spiro atoms. The van der Waals surface area contributed by atoms with Gasteiger partial charge in [0.1, 0.15) is 23.9 Å². The van der Waals surface area contributed by atoms with Crippen LogP contribution in [0.1, 0.15) is 167 Å². The van der Waals surface area contributed by atoms with Crippen molar-refractivity contribution < 1.29 is 68.3 Å². The van der Waals surface area contributed by atoms with Crippen molar-refractivity contribution in [1.29, 1.82) is 0 Å². The molecule has 4 aliphatic carbocycles. The molecule has 4 unspecified atom stereocenters. The Hall–Kier alpha value is -2.13. The lowest BCUT2D eigenvalue weighted by molar-refractivity contribution is -0.313. The molecule has 0 aromatic heterocycles. The molecule has 17 heteroatoms. The van der Waals surface area contributed by atoms with E-state index in [0.717, 1.165) is 32.1 Å². The topological polar surface area (TPSA) is 226 Å². The van der Waals surface area contributed by atoms with Crippen molar-refractivity contribution in [2.75, 3.05) is 40.8 Å². The summed E-state index contributed by atoms with van der Waals surface area (Å²) in [5, 5.41) is 64.9. The fourth-order valence-electron chi connectivity index (χ4n) is 16.8. The van der Waals surface area contributed by atoms with E-state index in [9.17, 15) is 39.9 Å². The van der Waals surface area contributed by atoms with Crippen molar-refractivity contribution in [2.45, 2.75) is 257 Å². The number of nitrogens with one attached hydrogen (secondary N) is 1. The molecular formula is C61H105N3O14. The molecule has 3 saturated carbocycles. The van der Waals surface area contributed by atoms with Crippen LogP contribution in [0.5, 0.6) is 0 Å². The van der Waals surface area contributed by atoms with E-state index in [4.69, 9.17) is 28.4 Å². The molecule has 6 fully saturated rings. The molecule has 0 aromatic carbocycles. The molecule has 78 heavy (non-hydrogen) atoms. The largest absolute Gasteiger partial charge is 0.459 e. The van der Waals surface area contributed by atoms with Crippen LogP contribution < -0.4 is 5.32 Å². The third kappa shape index (κ3) is 12.5. The number of ketones is 1. The van der Waals surface area contributed by atoms with Crippen LogP contribution in [0, 0.1) is 58.2 Å². The molecule has 7 aliphatic rings. The number of cyclic esters (lactones) is 1. The van der Waals surface area contributed by atoms with Gasteiger partial charge in [-0.2, -0.15) is 0 Å². The van der Waals surface area contributed by atoms with Crippen molar-refractivity contribution in [1.82, 2.24) is 15.1 Å². The van der Waals surface area contributed by atoms with Crippen molar-refractivity contribution in [3.05, 3.63) is 11.6 Å². The maximum absolute atomic E-state index is 14.8. The highest BCUT2D eigenvalue weighted by atomic mass is 16.7. The average molecular weight is 1100 g/mol. The lowest BCUT2D eigenvalue weighted by Crippen LogP contribution is -2.60. The highest BCUT2D eigenvalue weighted by Crippen LogP contribution is 2.66. The molecule has 448 valence electrons. The van der Waals surface area contributed by atoms with Gasteiger partial charge in [0.15, 0.2) is 18.4 Å². The maximum atomic E-state index is 14.8. The average Bonchev–Trinajstić information content (AvgIpc) is 3.75. The Morgan fingerprint density at radius 2 is 1.60 bits per heavy atom. The van der Waals surface area contributed by atoms with E-state index in [2.05, 4.69) is 31.0 Å². The molecule has 1 amide bonds. The lowest BCUT2D eigenvalue weighted by atomic mass is 9.46. The number of esters is 1. The third-order valence-electron chi connectivity index (χ3n) is 21.8. The molecule has 0 radical (unpaired) electrons. The number of aliphatic hydroxyl groups is 5. The summed E-state index contributed by atoms with van der Waals surface area (Å²) >= 11 is 0. The van der Waals surface area contributed by atoms with E-state index >= 15 is 0 Å². The van der Waals surface area contributed by atoms with E-state index in [1.807, 2.05) is 66.6 Å². The van der Waals surface area contributed by atoms with E-state index in [-0.39, 0.29) is 83.2 Å². The van der Waals surface area contributed by atoms with Crippen LogP contribution in [-0.2, 0) is 42.8 Å². The molecule has 3 aliphatic heterocycles. The summed E-state index contributed by atoms with van der Waals surface area (Å²) < 4.78 is 39.1. The van der Waals surface area contributed by atoms with Crippen LogP contribution in [0.15, 0.2) is 11.6 Å². The second kappa shape index (κ2) is 24.6. The summed E-state index contributed by atoms with van der Waals surface area (Å²) in [7, 11) is 5.46. The first-order chi connectivity index (χ1) is 36.3. The zero-order valence-corrected chi connectivity index (χ0v) is 50.5. The van der Waals surface area contributed by atoms with E-state index < -0.39 is 89.9 Å². The number of likely N-dealkylation sites (N-methyl/N-ethyl adjacent to an activating group) is 1. The molecule has 6 N–H and O–H groups in total. The quantitative estimate of drug-likeness (QED) is 0.0949. The Morgan fingerprint density at radius 3 is 2.26 bits per heavy atom. The smallest absolute Gasteiger partial charge is 0.311 e. The number of carbonyl (C=O) groups excluding carboxylic acids is 3. The fourth-order valence-corrected chi connectivity index (χ4v) is 16.8. The van der Waals surface area contributed by atoms with Gasteiger partial charge < -0.3 is 64.2 Å². The van der Waals surface area contributed by atoms with E-state index in [0.29, 0.717) is 57.7 Å². The standard InChI is InChI=1S/C61H105N3O14/c1-17-47-61(13,72)52(68)38(7)64(26-18-25-62-54(69)44-22-21-43-42-20-19-40-28-41(65)23-24-57(40,9)49(42)46(66)30-58(43,44)10)32-33(2)29-59(11,71)53(78-56-50(67)45(63(14)15)27-34(3)74-56)35(4)51(36(5)55(70)76-47)77-48-31-60(12,73-16)37(6)39(8)75-48/h28,33-39,42-53,56,66-68,71-72H,17-27,29-32H2,1-16H3,(H,62,69)/t33-,34-,35+,36-,37-,38-,39?,42?,43?,44-,45-,46+,47-,48-,49?,50-,51+,52-,53-,56+,57+,58+,59-,60+,61-/m1/s1. The van der Waals surface area contributed by atoms with Crippen LogP contribution in [-0.4, -0.2) is 184 Å². The van der Waals surface area contributed by atoms with Gasteiger partial charge in [-0.25, -0.2) is 0 Å². The van der Waals surface area contributed by atoms with Gasteiger partial charge in [-0.1, -0.05) is 47.1 Å². The molecule has 7 rings (SSSR count). The number of methoxy groups -OCH3 is 1. The number of aliphatic hydroxyl groups excluding tert-OH is 3. The molecule has 3 saturated heterocycles. The number of ether oxygens (including phenoxy) is 6. The summed E-state index contributed by atoms with van der Waals surface area (Å²) in [5.41, 5.74) is -3.54. The second-order valence-corrected chi connectivity index (χ2v) is 27.5. The van der Waals surface area contributed by atoms with Gasteiger partial charge in [0.25, 0.3) is 0 Å². The minimum absolute atomic E-state index is 0.0107. The predicted octanol–water partition coefficient (Wildman–Crippen LogP) is 6.17. The Bertz CT molecular complexity index is 2110. The molecule has 17 nitrogen and oxygen atoms in total. The highest BCUT2D eigenvalue weighted by Gasteiger charge is 2.63. The summed E-state index contributed by atoms with van der Waals surface area (Å²) in [6.07, 6.45) is 0.117. The third-order valence-corrected chi connectivity index (χ3v) is 21.8. The molecular weight excluding hydrogens is 999 g/mol. The fraction of sp³-hybridized carbons (Fsp3) is 0.918. The van der Waals surface area contributed by atoms with Crippen molar-refractivity contribution in [2.24, 2.45) is 58.2 Å². The summed E-state index contributed by atoms with van der Waals surface area (Å²) in [6, 6.07) is -0.985. The Labute approximate surface area is 467 Å². The predicted molar refractivity (Wildman–Crippen MR) is 295 cm³/mol. The number of carbonyl (C=O) groups is 3. The van der Waals surface area contributed by atoms with Gasteiger partial charge in [0.2, 0.25) is 5.91 Å². The number of rotatable bonds is 12. The van der Waals surface area contributed by atoms with Gasteiger partial charge in [-0.05, 0) is 167 Å². The van der Waals surface area contributed by atoms with Gasteiger partial charge >= 0.3 is 5.97 Å². The van der Waals surface area contributed by atoms with Crippen molar-refractivity contribution >= 4 is 17.7 Å². The zero-order valence-electron chi connectivity index (χ0n) is 50.5. The maximum Gasteiger partial charge on any atom is 0.311 e. The van der Waals surface area contributed by atoms with Crippen LogP contribution in [0.25, 0.3) is 0 Å². The SMILES string of the molecule is CC[C@H]1OC(=O)[C@H](C)[C@@H](O[C@@H]2C[C@](C)(OC)[C@H](C)C(C)O2)[C@H](C)[C@@H](O[C@@H]2O[C@H](C)C[C@@H](N(C)C)[C@H]2O)[C@](C)(O)C[C@@H](C)CN(CCCNC(=O)[C@H]2CCC3C4CCC5=CC(=O)CC[C@]5(C)C4[C@@H](O)C[C@@]32C)[C@H](C)[C@@H](O)[C@]1(C)O. The molecule has 0 bridgehead atoms. The first kappa shape index (κ1) is 63.5. The van der Waals surface area contributed by atoms with Crippen LogP contribution >= 0.6 is 0 Å². The van der Waals surface area contributed by atoms with E-state index in [1.165, 1.54) is 12.5 Å². The summed E-state index contributed by atoms with van der Waals surface area (Å²) in [4.78, 5) is 45.6. The molecule has 3 heterocycles. The lowest BCUT2D eigenvalue weighted by Gasteiger charge is -2.59. The minimum atomic E-state index is -1.91. The zero-order chi connectivity index (χ0) is 57.8. The van der Waals surface area contributed by atoms with Crippen molar-refractivity contribution in [3.8, 4) is 0 Å². The summed E-state index contributed by atoms with van der Waals surface area (Å²) in [6.45, 7) is 26.0. The first-order valence-corrected chi connectivity index (χ1v) is 30.1. The second-order valence-electron chi connectivity index (χ2n) is 27.5. The number of fused-ring (bicyclic) bond motifs is 5. The highest BCUT2D eigenvalue weighted by molar-refractivity contribution is 5.91. The van der Waals surface area contributed by atoms with Gasteiger partial charge in [0.05, 0.1) is 47.6 Å². The number of nitrogens with zero attached hydrogens (tertiary/aromatic N) is 2. The number of allylic oxidation sites excluding steroid dienone is 1. The number of hydrogen-bond acceptors (Lipinski definition) is 16. The number of hydrogen-bond donors (Lipinski definition) is 6. The van der Waals surface area contributed by atoms with Gasteiger partial charge in [-0.15, -0.1) is 0 Å². The first-order valence-electron chi connectivity index (χ1n) is 30.1. The van der Waals surface area contributed by atoms with Crippen LogP contribution in [0.3, 0.4) is 0 Å². The Kier molecular flexibility index (Phi) is 20.0. The molecule has 0 aromatic rings.